The lowest BCUT2D eigenvalue weighted by Gasteiger charge is -2.55. The molecule has 1 aliphatic heterocycles. The Labute approximate surface area is 99.6 Å². The second kappa shape index (κ2) is 2.99. The summed E-state index contributed by atoms with van der Waals surface area (Å²) < 4.78 is 4.90. The number of ether oxygens (including phenoxy) is 1. The van der Waals surface area contributed by atoms with Gasteiger partial charge in [0, 0.05) is 0 Å². The van der Waals surface area contributed by atoms with Gasteiger partial charge in [-0.2, -0.15) is 0 Å². The maximum Gasteiger partial charge on any atom is 0.325 e. The Morgan fingerprint density at radius 3 is 2.29 bits per heavy atom. The molecule has 1 heterocycles. The third-order valence-corrected chi connectivity index (χ3v) is 4.89. The van der Waals surface area contributed by atoms with Crippen LogP contribution in [0.25, 0.3) is 0 Å². The maximum absolute atomic E-state index is 12.1. The van der Waals surface area contributed by atoms with Gasteiger partial charge >= 0.3 is 11.9 Å². The summed E-state index contributed by atoms with van der Waals surface area (Å²) in [6.45, 7) is 3.51. The number of carbonyl (C=O) groups is 2. The highest BCUT2D eigenvalue weighted by molar-refractivity contribution is 6.09. The van der Waals surface area contributed by atoms with E-state index in [9.17, 15) is 14.7 Å². The second-order valence-corrected chi connectivity index (χ2v) is 5.41. The van der Waals surface area contributed by atoms with Crippen molar-refractivity contribution in [2.24, 2.45) is 10.8 Å². The summed E-state index contributed by atoms with van der Waals surface area (Å²) in [6.07, 6.45) is 2.48. The Kier molecular flexibility index (Phi) is 1.93. The number of esters is 2. The summed E-state index contributed by atoms with van der Waals surface area (Å²) in [6, 6.07) is 0. The highest BCUT2D eigenvalue weighted by Gasteiger charge is 2.77. The van der Waals surface area contributed by atoms with Crippen LogP contribution in [0.15, 0.2) is 11.1 Å². The lowest BCUT2D eigenvalue weighted by atomic mass is 9.42. The topological polar surface area (TPSA) is 63.6 Å². The number of rotatable bonds is 1. The molecule has 17 heavy (non-hydrogen) atoms. The first-order chi connectivity index (χ1) is 7.98. The average Bonchev–Trinajstić information content (AvgIpc) is 2.45. The smallest absolute Gasteiger partial charge is 0.325 e. The van der Waals surface area contributed by atoms with E-state index in [1.807, 2.05) is 6.92 Å². The van der Waals surface area contributed by atoms with Crippen LogP contribution in [-0.4, -0.2) is 23.1 Å². The van der Waals surface area contributed by atoms with Crippen molar-refractivity contribution in [2.45, 2.75) is 45.6 Å². The Morgan fingerprint density at radius 2 is 1.71 bits per heavy atom. The van der Waals surface area contributed by atoms with Crippen LogP contribution >= 0.6 is 0 Å². The molecule has 3 rings (SSSR count). The fraction of sp³-hybridized carbons (Fsp3) is 0.692. The van der Waals surface area contributed by atoms with E-state index in [1.165, 1.54) is 0 Å². The molecule has 1 unspecified atom stereocenters. The number of carbonyl (C=O) groups excluding carboxylic acids is 2. The van der Waals surface area contributed by atoms with Crippen molar-refractivity contribution in [2.75, 3.05) is 0 Å². The van der Waals surface area contributed by atoms with E-state index in [0.717, 1.165) is 24.0 Å². The normalized spacial score (nSPS) is 41.6. The Hall–Kier alpha value is -1.16. The fourth-order valence-corrected chi connectivity index (χ4v) is 4.31. The zero-order valence-corrected chi connectivity index (χ0v) is 10.1. The number of aliphatic hydroxyl groups is 1. The van der Waals surface area contributed by atoms with E-state index >= 15 is 0 Å². The molecule has 2 aliphatic carbocycles. The van der Waals surface area contributed by atoms with Gasteiger partial charge in [-0.3, -0.25) is 9.59 Å². The van der Waals surface area contributed by atoms with Crippen LogP contribution in [0.5, 0.6) is 0 Å². The molecule has 2 fully saturated rings. The average molecular weight is 236 g/mol. The molecule has 0 aromatic carbocycles. The molecule has 0 aromatic heterocycles. The molecular formula is C13H16O4. The van der Waals surface area contributed by atoms with Crippen LogP contribution in [0.3, 0.4) is 0 Å². The first kappa shape index (κ1) is 11.0. The molecule has 0 aromatic rings. The van der Waals surface area contributed by atoms with Crippen LogP contribution < -0.4 is 0 Å². The first-order valence-corrected chi connectivity index (χ1v) is 6.15. The van der Waals surface area contributed by atoms with Gasteiger partial charge in [0.1, 0.15) is 10.8 Å². The van der Waals surface area contributed by atoms with E-state index in [0.29, 0.717) is 12.8 Å². The van der Waals surface area contributed by atoms with Gasteiger partial charge in [-0.1, -0.05) is 18.4 Å². The van der Waals surface area contributed by atoms with Crippen molar-refractivity contribution in [3.8, 4) is 0 Å². The van der Waals surface area contributed by atoms with E-state index in [2.05, 4.69) is 0 Å². The lowest BCUT2D eigenvalue weighted by molar-refractivity contribution is -0.155. The van der Waals surface area contributed by atoms with E-state index in [4.69, 9.17) is 4.74 Å². The van der Waals surface area contributed by atoms with Gasteiger partial charge < -0.3 is 9.84 Å². The zero-order chi connectivity index (χ0) is 12.4. The minimum absolute atomic E-state index is 0.399. The highest BCUT2D eigenvalue weighted by Crippen LogP contribution is 2.71. The minimum atomic E-state index is -0.833. The molecular weight excluding hydrogens is 220 g/mol. The summed E-state index contributed by atoms with van der Waals surface area (Å²) in [7, 11) is 0. The van der Waals surface area contributed by atoms with Gasteiger partial charge in [-0.05, 0) is 32.3 Å². The van der Waals surface area contributed by atoms with Crippen LogP contribution in [0, 0.1) is 10.8 Å². The quantitative estimate of drug-likeness (QED) is 0.424. The summed E-state index contributed by atoms with van der Waals surface area (Å²) in [4.78, 5) is 24.1. The fourth-order valence-electron chi connectivity index (χ4n) is 4.31. The van der Waals surface area contributed by atoms with E-state index in [1.54, 1.807) is 6.92 Å². The van der Waals surface area contributed by atoms with Gasteiger partial charge in [-0.25, -0.2) is 0 Å². The van der Waals surface area contributed by atoms with Crippen LogP contribution in [0.2, 0.25) is 0 Å². The molecule has 0 radical (unpaired) electrons. The Morgan fingerprint density at radius 1 is 1.18 bits per heavy atom. The first-order valence-electron chi connectivity index (χ1n) is 6.15. The van der Waals surface area contributed by atoms with Crippen molar-refractivity contribution < 1.29 is 19.4 Å². The van der Waals surface area contributed by atoms with Crippen molar-refractivity contribution in [1.29, 1.82) is 0 Å². The molecule has 0 spiro atoms. The molecule has 92 valence electrons. The molecule has 1 N–H and O–H groups in total. The summed E-state index contributed by atoms with van der Waals surface area (Å²) in [5, 5.41) is 9.85. The van der Waals surface area contributed by atoms with Gasteiger partial charge in [0.15, 0.2) is 0 Å². The molecule has 3 aliphatic rings. The van der Waals surface area contributed by atoms with Gasteiger partial charge in [0.05, 0.1) is 6.10 Å². The van der Waals surface area contributed by atoms with Gasteiger partial charge in [-0.15, -0.1) is 0 Å². The molecule has 3 atom stereocenters. The lowest BCUT2D eigenvalue weighted by Crippen LogP contribution is -2.59. The third kappa shape index (κ3) is 0.876. The Bertz CT molecular complexity index is 462. The third-order valence-electron chi connectivity index (χ3n) is 4.89. The maximum atomic E-state index is 12.1. The molecule has 4 nitrogen and oxygen atoms in total. The van der Waals surface area contributed by atoms with Crippen LogP contribution in [0.4, 0.5) is 0 Å². The predicted molar refractivity (Wildman–Crippen MR) is 58.8 cm³/mol. The van der Waals surface area contributed by atoms with Crippen molar-refractivity contribution in [3.63, 3.8) is 0 Å². The Balaban J connectivity index is 2.25. The standard InChI is InChI=1S/C13H16O4/c1-7-9(8(2)14)13-6-4-3-5-12(7,13)10(15)17-11(13)16/h8,14H,3-6H2,1-2H3/t8?,12-,13+/m1/s1. The van der Waals surface area contributed by atoms with Crippen molar-refractivity contribution >= 4 is 11.9 Å². The monoisotopic (exact) mass is 236 g/mol. The second-order valence-electron chi connectivity index (χ2n) is 5.41. The summed E-state index contributed by atoms with van der Waals surface area (Å²) in [5.74, 6) is -0.840. The SMILES string of the molecule is CC1=C(C(C)O)[C@]23CCCC[C@]12C(=O)OC3=O. The summed E-state index contributed by atoms with van der Waals surface area (Å²) in [5.41, 5.74) is 0.0194. The molecule has 0 amide bonds. The van der Waals surface area contributed by atoms with Crippen molar-refractivity contribution in [3.05, 3.63) is 11.1 Å². The largest absolute Gasteiger partial charge is 0.392 e. The predicted octanol–water partition coefficient (Wildman–Crippen LogP) is 1.33. The van der Waals surface area contributed by atoms with E-state index < -0.39 is 28.9 Å². The van der Waals surface area contributed by atoms with Crippen LogP contribution in [-0.2, 0) is 14.3 Å². The number of hydrogen-bond donors (Lipinski definition) is 1. The molecule has 0 bridgehead atoms. The van der Waals surface area contributed by atoms with Gasteiger partial charge in [0.2, 0.25) is 0 Å². The van der Waals surface area contributed by atoms with Crippen LogP contribution in [0.1, 0.15) is 39.5 Å². The summed E-state index contributed by atoms with van der Waals surface area (Å²) >= 11 is 0. The molecule has 1 saturated heterocycles. The highest BCUT2D eigenvalue weighted by atomic mass is 16.6. The number of hydrogen-bond acceptors (Lipinski definition) is 4. The molecule has 1 saturated carbocycles. The number of aliphatic hydroxyl groups excluding tert-OH is 1. The minimum Gasteiger partial charge on any atom is -0.392 e. The van der Waals surface area contributed by atoms with Gasteiger partial charge in [0.25, 0.3) is 0 Å². The number of cyclic esters (lactones) is 2. The van der Waals surface area contributed by atoms with Crippen molar-refractivity contribution in [1.82, 2.24) is 0 Å². The zero-order valence-electron chi connectivity index (χ0n) is 10.1. The van der Waals surface area contributed by atoms with E-state index in [-0.39, 0.29) is 0 Å². The molecule has 4 heteroatoms.